The molecule has 0 aliphatic carbocycles. The lowest BCUT2D eigenvalue weighted by molar-refractivity contribution is -0.131. The van der Waals surface area contributed by atoms with Crippen LogP contribution in [0.5, 0.6) is 0 Å². The molecular formula is C21H23N3O2S2. The van der Waals surface area contributed by atoms with Gasteiger partial charge in [-0.25, -0.2) is 0 Å². The smallest absolute Gasteiger partial charge is 0.233 e. The molecule has 5 nitrogen and oxygen atoms in total. The molecule has 2 heterocycles. The van der Waals surface area contributed by atoms with E-state index in [2.05, 4.69) is 16.7 Å². The summed E-state index contributed by atoms with van der Waals surface area (Å²) < 4.78 is 0. The van der Waals surface area contributed by atoms with Crippen molar-refractivity contribution in [2.45, 2.75) is 32.4 Å². The molecule has 7 heteroatoms. The molecule has 3 rings (SSSR count). The molecule has 0 saturated heterocycles. The Morgan fingerprint density at radius 2 is 2.14 bits per heavy atom. The molecule has 1 aromatic heterocycles. The van der Waals surface area contributed by atoms with Gasteiger partial charge in [0.2, 0.25) is 5.91 Å². The molecule has 1 aromatic carbocycles. The van der Waals surface area contributed by atoms with E-state index in [0.29, 0.717) is 16.3 Å². The molecule has 28 heavy (non-hydrogen) atoms. The highest BCUT2D eigenvalue weighted by atomic mass is 32.2. The van der Waals surface area contributed by atoms with Gasteiger partial charge >= 0.3 is 0 Å². The summed E-state index contributed by atoms with van der Waals surface area (Å²) in [7, 11) is 0. The van der Waals surface area contributed by atoms with Crippen molar-refractivity contribution in [2.24, 2.45) is 5.92 Å². The van der Waals surface area contributed by atoms with Crippen molar-refractivity contribution < 1.29 is 9.90 Å². The van der Waals surface area contributed by atoms with Gasteiger partial charge in [-0.05, 0) is 42.7 Å². The van der Waals surface area contributed by atoms with Gasteiger partial charge in [0.05, 0.1) is 22.6 Å². The number of amides is 1. The second-order valence-electron chi connectivity index (χ2n) is 6.84. The first-order valence-electron chi connectivity index (χ1n) is 9.06. The van der Waals surface area contributed by atoms with E-state index in [9.17, 15) is 15.2 Å². The van der Waals surface area contributed by atoms with Gasteiger partial charge in [-0.3, -0.25) is 4.79 Å². The summed E-state index contributed by atoms with van der Waals surface area (Å²) in [5.74, 6) is -0.944. The number of nitrogens with one attached hydrogen (secondary N) is 2. The number of nitriles is 1. The van der Waals surface area contributed by atoms with E-state index in [1.165, 1.54) is 23.1 Å². The molecule has 1 aliphatic rings. The highest BCUT2D eigenvalue weighted by Crippen LogP contribution is 2.46. The van der Waals surface area contributed by atoms with Crippen molar-refractivity contribution in [3.8, 4) is 6.07 Å². The summed E-state index contributed by atoms with van der Waals surface area (Å²) >= 11 is 2.95. The first-order valence-corrected chi connectivity index (χ1v) is 10.9. The average Bonchev–Trinajstić information content (AvgIpc) is 3.17. The van der Waals surface area contributed by atoms with Gasteiger partial charge in [-0.2, -0.15) is 5.26 Å². The third kappa shape index (κ3) is 3.95. The topological polar surface area (TPSA) is 85.2 Å². The van der Waals surface area contributed by atoms with Crippen LogP contribution in [0, 0.1) is 24.2 Å². The SMILES string of the molecule is CCSC1=C(C#N)C(c2cccs2)C(C(=O)Nc2ccccc2C)C(C)(O)N1. The third-order valence-corrected chi connectivity index (χ3v) is 6.66. The molecule has 1 aliphatic heterocycles. The van der Waals surface area contributed by atoms with Crippen LogP contribution in [0.4, 0.5) is 5.69 Å². The number of hydrogen-bond acceptors (Lipinski definition) is 6. The Bertz CT molecular complexity index is 929. The maximum absolute atomic E-state index is 13.3. The predicted octanol–water partition coefficient (Wildman–Crippen LogP) is 4.20. The molecule has 3 atom stereocenters. The molecule has 0 bridgehead atoms. The predicted molar refractivity (Wildman–Crippen MR) is 115 cm³/mol. The van der Waals surface area contributed by atoms with Crippen LogP contribution in [0.15, 0.2) is 52.4 Å². The van der Waals surface area contributed by atoms with Gasteiger partial charge < -0.3 is 15.7 Å². The molecular weight excluding hydrogens is 390 g/mol. The van der Waals surface area contributed by atoms with Gasteiger partial charge in [0.25, 0.3) is 0 Å². The molecule has 0 spiro atoms. The highest BCUT2D eigenvalue weighted by Gasteiger charge is 2.50. The van der Waals surface area contributed by atoms with E-state index in [4.69, 9.17) is 0 Å². The van der Waals surface area contributed by atoms with Gasteiger partial charge in [-0.15, -0.1) is 23.1 Å². The molecule has 0 fully saturated rings. The standard InChI is InChI=1S/C21H23N3O2S2/c1-4-27-20-14(12-22)17(16-10-7-11-28-16)18(21(3,26)24-20)19(25)23-15-9-6-5-8-13(15)2/h5-11,17-18,24,26H,4H2,1-3H3,(H,23,25). The van der Waals surface area contributed by atoms with E-state index in [1.807, 2.05) is 55.6 Å². The number of nitrogens with zero attached hydrogens (tertiary/aromatic N) is 1. The van der Waals surface area contributed by atoms with Crippen LogP contribution in [-0.2, 0) is 4.79 Å². The summed E-state index contributed by atoms with van der Waals surface area (Å²) in [6.07, 6.45) is 0. The number of anilines is 1. The fourth-order valence-corrected chi connectivity index (χ4v) is 5.26. The number of carbonyl (C=O) groups excluding carboxylic acids is 1. The van der Waals surface area contributed by atoms with Crippen LogP contribution >= 0.6 is 23.1 Å². The van der Waals surface area contributed by atoms with Crippen molar-refractivity contribution in [3.63, 3.8) is 0 Å². The number of hydrogen-bond donors (Lipinski definition) is 3. The van der Waals surface area contributed by atoms with Gasteiger partial charge in [0.1, 0.15) is 5.72 Å². The summed E-state index contributed by atoms with van der Waals surface area (Å²) in [6, 6.07) is 13.6. The van der Waals surface area contributed by atoms with Crippen LogP contribution in [0.25, 0.3) is 0 Å². The fraction of sp³-hybridized carbons (Fsp3) is 0.333. The molecule has 146 valence electrons. The zero-order valence-corrected chi connectivity index (χ0v) is 17.7. The van der Waals surface area contributed by atoms with Gasteiger partial charge in [0.15, 0.2) is 0 Å². The van der Waals surface area contributed by atoms with Crippen LogP contribution < -0.4 is 10.6 Å². The van der Waals surface area contributed by atoms with Crippen LogP contribution in [0.3, 0.4) is 0 Å². The minimum atomic E-state index is -1.50. The van der Waals surface area contributed by atoms with Crippen LogP contribution in [-0.4, -0.2) is 22.5 Å². The minimum Gasteiger partial charge on any atom is -0.370 e. The maximum Gasteiger partial charge on any atom is 0.233 e. The largest absolute Gasteiger partial charge is 0.370 e. The van der Waals surface area contributed by atoms with Crippen LogP contribution in [0.1, 0.15) is 30.2 Å². The summed E-state index contributed by atoms with van der Waals surface area (Å²) in [5.41, 5.74) is 0.625. The van der Waals surface area contributed by atoms with Crippen molar-refractivity contribution >= 4 is 34.7 Å². The minimum absolute atomic E-state index is 0.321. The number of aryl methyl sites for hydroxylation is 1. The monoisotopic (exact) mass is 413 g/mol. The summed E-state index contributed by atoms with van der Waals surface area (Å²) in [4.78, 5) is 14.2. The molecule has 0 saturated carbocycles. The zero-order chi connectivity index (χ0) is 20.3. The number of allylic oxidation sites excluding steroid dienone is 1. The van der Waals surface area contributed by atoms with Crippen molar-refractivity contribution in [1.29, 1.82) is 5.26 Å². The zero-order valence-electron chi connectivity index (χ0n) is 16.0. The number of aliphatic hydroxyl groups is 1. The van der Waals surface area contributed by atoms with E-state index >= 15 is 0 Å². The Balaban J connectivity index is 2.07. The first-order chi connectivity index (χ1) is 13.4. The summed E-state index contributed by atoms with van der Waals surface area (Å²) in [5, 5.41) is 29.6. The van der Waals surface area contributed by atoms with Gasteiger partial charge in [0, 0.05) is 16.5 Å². The lowest BCUT2D eigenvalue weighted by Gasteiger charge is -2.43. The van der Waals surface area contributed by atoms with Crippen molar-refractivity contribution in [1.82, 2.24) is 5.32 Å². The Hall–Kier alpha value is -2.27. The highest BCUT2D eigenvalue weighted by molar-refractivity contribution is 8.03. The van der Waals surface area contributed by atoms with E-state index in [0.717, 1.165) is 16.2 Å². The van der Waals surface area contributed by atoms with Gasteiger partial charge in [-0.1, -0.05) is 31.2 Å². The molecule has 3 unspecified atom stereocenters. The maximum atomic E-state index is 13.3. The fourth-order valence-electron chi connectivity index (χ4n) is 3.49. The van der Waals surface area contributed by atoms with Crippen LogP contribution in [0.2, 0.25) is 0 Å². The Morgan fingerprint density at radius 3 is 2.75 bits per heavy atom. The van der Waals surface area contributed by atoms with Crippen molar-refractivity contribution in [2.75, 3.05) is 11.1 Å². The molecule has 3 N–H and O–H groups in total. The lowest BCUT2D eigenvalue weighted by atomic mass is 9.76. The number of rotatable bonds is 5. The number of carbonyl (C=O) groups is 1. The van der Waals surface area contributed by atoms with E-state index in [-0.39, 0.29) is 5.91 Å². The average molecular weight is 414 g/mol. The normalized spacial score (nSPS) is 24.4. The Labute approximate surface area is 173 Å². The third-order valence-electron chi connectivity index (χ3n) is 4.81. The number of benzene rings is 1. The first kappa shape index (κ1) is 20.5. The number of para-hydroxylation sites is 1. The second-order valence-corrected chi connectivity index (χ2v) is 9.09. The van der Waals surface area contributed by atoms with E-state index in [1.54, 1.807) is 6.92 Å². The van der Waals surface area contributed by atoms with Crippen molar-refractivity contribution in [3.05, 3.63) is 62.8 Å². The second kappa shape index (κ2) is 8.39. The summed E-state index contributed by atoms with van der Waals surface area (Å²) in [6.45, 7) is 5.50. The lowest BCUT2D eigenvalue weighted by Crippen LogP contribution is -2.57. The van der Waals surface area contributed by atoms with E-state index < -0.39 is 17.6 Å². The quantitative estimate of drug-likeness (QED) is 0.684. The molecule has 0 radical (unpaired) electrons. The molecule has 1 amide bonds. The number of thiophene rings is 1. The molecule has 2 aromatic rings. The Morgan fingerprint density at radius 1 is 1.39 bits per heavy atom. The Kier molecular flexibility index (Phi) is 6.14. The number of thioether (sulfide) groups is 1.